The van der Waals surface area contributed by atoms with Crippen molar-refractivity contribution in [2.75, 3.05) is 26.3 Å². The maximum absolute atomic E-state index is 12.3. The summed E-state index contributed by atoms with van der Waals surface area (Å²) in [6.45, 7) is 8.87. The maximum Gasteiger partial charge on any atom is 0.339 e. The molecule has 28 heavy (non-hydrogen) atoms. The van der Waals surface area contributed by atoms with E-state index in [9.17, 15) is 14.4 Å². The summed E-state index contributed by atoms with van der Waals surface area (Å²) in [5.74, 6) is 0.00916. The van der Waals surface area contributed by atoms with E-state index < -0.39 is 5.63 Å². The predicted octanol–water partition coefficient (Wildman–Crippen LogP) is 2.84. The molecule has 0 atom stereocenters. The van der Waals surface area contributed by atoms with E-state index in [0.717, 1.165) is 10.9 Å². The van der Waals surface area contributed by atoms with Crippen LogP contribution in [-0.2, 0) is 20.7 Å². The normalized spacial score (nSPS) is 10.7. The van der Waals surface area contributed by atoms with Gasteiger partial charge in [-0.05, 0) is 51.8 Å². The molecule has 1 aromatic carbocycles. The van der Waals surface area contributed by atoms with Gasteiger partial charge in [-0.15, -0.1) is 0 Å². The van der Waals surface area contributed by atoms with E-state index in [-0.39, 0.29) is 31.3 Å². The summed E-state index contributed by atoms with van der Waals surface area (Å²) >= 11 is 0. The first kappa shape index (κ1) is 21.5. The number of rotatable bonds is 9. The van der Waals surface area contributed by atoms with Crippen molar-refractivity contribution in [1.82, 2.24) is 4.90 Å². The quantitative estimate of drug-likeness (QED) is 0.484. The molecule has 2 rings (SSSR count). The molecule has 1 heterocycles. The summed E-state index contributed by atoms with van der Waals surface area (Å²) in [4.78, 5) is 37.7. The first-order valence-electron chi connectivity index (χ1n) is 9.53. The molecule has 0 bridgehead atoms. The molecule has 2 aromatic rings. The molecular formula is C21H27NO6. The average Bonchev–Trinajstić information content (AvgIpc) is 2.67. The van der Waals surface area contributed by atoms with Gasteiger partial charge in [0.15, 0.2) is 6.61 Å². The van der Waals surface area contributed by atoms with Crippen molar-refractivity contribution in [2.24, 2.45) is 0 Å². The smallest absolute Gasteiger partial charge is 0.339 e. The highest BCUT2D eigenvalue weighted by Crippen LogP contribution is 2.24. The lowest BCUT2D eigenvalue weighted by molar-refractivity contribution is -0.143. The van der Waals surface area contributed by atoms with Gasteiger partial charge in [0.05, 0.1) is 6.61 Å². The molecule has 1 amide bonds. The minimum atomic E-state index is -0.481. The molecule has 0 saturated heterocycles. The highest BCUT2D eigenvalue weighted by atomic mass is 16.5. The van der Waals surface area contributed by atoms with Gasteiger partial charge < -0.3 is 18.8 Å². The Labute approximate surface area is 164 Å². The third-order valence-corrected chi connectivity index (χ3v) is 4.62. The molecule has 0 radical (unpaired) electrons. The summed E-state index contributed by atoms with van der Waals surface area (Å²) in [5.41, 5.74) is 1.13. The lowest BCUT2D eigenvalue weighted by atomic mass is 10.0. The molecule has 0 aliphatic heterocycles. The van der Waals surface area contributed by atoms with Crippen LogP contribution in [0.3, 0.4) is 0 Å². The Hall–Kier alpha value is -2.83. The van der Waals surface area contributed by atoms with Crippen LogP contribution in [0.25, 0.3) is 11.0 Å². The van der Waals surface area contributed by atoms with Crippen molar-refractivity contribution in [2.45, 2.75) is 40.5 Å². The fourth-order valence-electron chi connectivity index (χ4n) is 3.03. The largest absolute Gasteiger partial charge is 0.484 e. The van der Waals surface area contributed by atoms with Gasteiger partial charge in [-0.1, -0.05) is 0 Å². The van der Waals surface area contributed by atoms with E-state index in [1.165, 1.54) is 0 Å². The summed E-state index contributed by atoms with van der Waals surface area (Å²) in [6, 6.07) is 5.13. The van der Waals surface area contributed by atoms with Gasteiger partial charge >= 0.3 is 11.6 Å². The Balaban J connectivity index is 2.18. The molecule has 0 N–H and O–H groups in total. The van der Waals surface area contributed by atoms with E-state index in [2.05, 4.69) is 0 Å². The number of fused-ring (bicyclic) bond motifs is 1. The number of carbonyl (C=O) groups excluding carboxylic acids is 2. The number of carbonyl (C=O) groups is 2. The second kappa shape index (κ2) is 9.92. The summed E-state index contributed by atoms with van der Waals surface area (Å²) in [7, 11) is 0. The number of hydrogen-bond acceptors (Lipinski definition) is 6. The Morgan fingerprint density at radius 2 is 1.86 bits per heavy atom. The predicted molar refractivity (Wildman–Crippen MR) is 106 cm³/mol. The minimum absolute atomic E-state index is 0.0754. The standard InChI is InChI=1S/C21H27NO6/c1-5-22(6-2)19(23)13-27-15-8-9-16-14(4)17(10-11-20(24)26-7-3)21(25)28-18(16)12-15/h8-9,12H,5-7,10-11,13H2,1-4H3. The fourth-order valence-corrected chi connectivity index (χ4v) is 3.03. The third-order valence-electron chi connectivity index (χ3n) is 4.62. The van der Waals surface area contributed by atoms with Crippen LogP contribution in [0.4, 0.5) is 0 Å². The number of hydrogen-bond donors (Lipinski definition) is 0. The van der Waals surface area contributed by atoms with Gasteiger partial charge in [0.1, 0.15) is 11.3 Å². The SMILES string of the molecule is CCOC(=O)CCc1c(C)c2ccc(OCC(=O)N(CC)CC)cc2oc1=O. The molecule has 7 heteroatoms. The Bertz CT molecular complexity index is 898. The second-order valence-electron chi connectivity index (χ2n) is 6.31. The van der Waals surface area contributed by atoms with Crippen molar-refractivity contribution in [3.05, 3.63) is 39.7 Å². The fraction of sp³-hybridized carbons (Fsp3) is 0.476. The highest BCUT2D eigenvalue weighted by Gasteiger charge is 2.15. The van der Waals surface area contributed by atoms with Gasteiger partial charge in [-0.2, -0.15) is 0 Å². The van der Waals surface area contributed by atoms with Crippen molar-refractivity contribution >= 4 is 22.8 Å². The molecule has 1 aromatic heterocycles. The van der Waals surface area contributed by atoms with Crippen molar-refractivity contribution in [3.8, 4) is 5.75 Å². The number of nitrogens with zero attached hydrogens (tertiary/aromatic N) is 1. The molecule has 152 valence electrons. The van der Waals surface area contributed by atoms with Crippen LogP contribution < -0.4 is 10.4 Å². The summed E-state index contributed by atoms with van der Waals surface area (Å²) < 4.78 is 15.9. The van der Waals surface area contributed by atoms with E-state index in [0.29, 0.717) is 36.6 Å². The molecule has 0 aliphatic carbocycles. The Morgan fingerprint density at radius 3 is 2.50 bits per heavy atom. The molecule has 0 saturated carbocycles. The number of amides is 1. The van der Waals surface area contributed by atoms with Crippen LogP contribution in [0.5, 0.6) is 5.75 Å². The van der Waals surface area contributed by atoms with Crippen LogP contribution in [0, 0.1) is 6.92 Å². The minimum Gasteiger partial charge on any atom is -0.484 e. The number of aryl methyl sites for hydroxylation is 1. The number of likely N-dealkylation sites (N-methyl/N-ethyl adjacent to an activating group) is 1. The van der Waals surface area contributed by atoms with E-state index >= 15 is 0 Å². The maximum atomic E-state index is 12.3. The van der Waals surface area contributed by atoms with Crippen LogP contribution in [-0.4, -0.2) is 43.1 Å². The zero-order valence-corrected chi connectivity index (χ0v) is 16.9. The number of benzene rings is 1. The van der Waals surface area contributed by atoms with Crippen LogP contribution in [0.1, 0.15) is 38.3 Å². The molecule has 0 unspecified atom stereocenters. The number of ether oxygens (including phenoxy) is 2. The number of esters is 1. The van der Waals surface area contributed by atoms with Gasteiger partial charge in [0.2, 0.25) is 0 Å². The third kappa shape index (κ3) is 5.12. The molecule has 7 nitrogen and oxygen atoms in total. The summed E-state index contributed by atoms with van der Waals surface area (Å²) in [6.07, 6.45) is 0.388. The molecular weight excluding hydrogens is 362 g/mol. The van der Waals surface area contributed by atoms with Crippen molar-refractivity contribution < 1.29 is 23.5 Å². The first-order chi connectivity index (χ1) is 13.4. The average molecular weight is 389 g/mol. The topological polar surface area (TPSA) is 86.1 Å². The second-order valence-corrected chi connectivity index (χ2v) is 6.31. The molecule has 0 fully saturated rings. The highest BCUT2D eigenvalue weighted by molar-refractivity contribution is 5.83. The van der Waals surface area contributed by atoms with Crippen LogP contribution in [0.2, 0.25) is 0 Å². The van der Waals surface area contributed by atoms with Gasteiger partial charge in [0, 0.05) is 36.5 Å². The van der Waals surface area contributed by atoms with Gasteiger partial charge in [0.25, 0.3) is 5.91 Å². The first-order valence-corrected chi connectivity index (χ1v) is 9.53. The van der Waals surface area contributed by atoms with Gasteiger partial charge in [-0.3, -0.25) is 9.59 Å². The zero-order valence-electron chi connectivity index (χ0n) is 16.9. The summed E-state index contributed by atoms with van der Waals surface area (Å²) in [5, 5.41) is 0.765. The Kier molecular flexibility index (Phi) is 7.61. The van der Waals surface area contributed by atoms with Gasteiger partial charge in [-0.25, -0.2) is 4.79 Å². The van der Waals surface area contributed by atoms with E-state index in [1.54, 1.807) is 30.0 Å². The lowest BCUT2D eigenvalue weighted by Gasteiger charge is -2.18. The lowest BCUT2D eigenvalue weighted by Crippen LogP contribution is -2.34. The molecule has 0 aliphatic rings. The van der Waals surface area contributed by atoms with Crippen molar-refractivity contribution in [3.63, 3.8) is 0 Å². The van der Waals surface area contributed by atoms with E-state index in [4.69, 9.17) is 13.9 Å². The van der Waals surface area contributed by atoms with E-state index in [1.807, 2.05) is 20.8 Å². The van der Waals surface area contributed by atoms with Crippen molar-refractivity contribution in [1.29, 1.82) is 0 Å². The van der Waals surface area contributed by atoms with Crippen LogP contribution >= 0.6 is 0 Å². The zero-order chi connectivity index (χ0) is 20.7. The monoisotopic (exact) mass is 389 g/mol. The van der Waals surface area contributed by atoms with Crippen LogP contribution in [0.15, 0.2) is 27.4 Å². The Morgan fingerprint density at radius 1 is 1.14 bits per heavy atom. The molecule has 0 spiro atoms.